The van der Waals surface area contributed by atoms with E-state index in [1.165, 1.54) is 13.8 Å². The Hall–Kier alpha value is -1.52. The number of carbonyl (C=O) groups excluding carboxylic acids is 1. The zero-order chi connectivity index (χ0) is 14.6. The second-order valence-electron chi connectivity index (χ2n) is 3.95. The number of aliphatic carboxylic acids is 1. The molecule has 0 heterocycles. The maximum absolute atomic E-state index is 11.8. The predicted molar refractivity (Wildman–Crippen MR) is 74.3 cm³/mol. The molecule has 0 bridgehead atoms. The quantitative estimate of drug-likeness (QED) is 0.840. The van der Waals surface area contributed by atoms with Crippen LogP contribution in [0, 0.1) is 0 Å². The minimum atomic E-state index is -1.12. The Morgan fingerprint density at radius 1 is 1.21 bits per heavy atom. The molecule has 1 rings (SSSR count). The summed E-state index contributed by atoms with van der Waals surface area (Å²) < 4.78 is 0. The minimum absolute atomic E-state index is 0.00897. The van der Waals surface area contributed by atoms with Crippen LogP contribution in [0.3, 0.4) is 0 Å². The maximum atomic E-state index is 11.8. The molecule has 1 aromatic rings. The number of hydrogen-bond acceptors (Lipinski definition) is 2. The SMILES string of the molecule is C/C(C(=O)O)=C(/C)C(=O)NCc1cccc(Cl)c1Cl. The van der Waals surface area contributed by atoms with Crippen LogP contribution in [0.5, 0.6) is 0 Å². The van der Waals surface area contributed by atoms with Crippen molar-refractivity contribution in [2.45, 2.75) is 20.4 Å². The molecule has 102 valence electrons. The van der Waals surface area contributed by atoms with Crippen LogP contribution in [0.4, 0.5) is 0 Å². The molecule has 0 radical (unpaired) electrons. The molecule has 1 amide bonds. The number of hydrogen-bond donors (Lipinski definition) is 2. The molecule has 1 aromatic carbocycles. The molecular weight excluding hydrogens is 289 g/mol. The molecule has 0 aliphatic carbocycles. The molecule has 0 aromatic heterocycles. The number of carboxylic acid groups (broad SMARTS) is 1. The molecule has 0 spiro atoms. The van der Waals surface area contributed by atoms with E-state index in [4.69, 9.17) is 28.3 Å². The van der Waals surface area contributed by atoms with E-state index in [2.05, 4.69) is 5.32 Å². The van der Waals surface area contributed by atoms with Gasteiger partial charge in [-0.05, 0) is 25.5 Å². The van der Waals surface area contributed by atoms with Gasteiger partial charge in [0.2, 0.25) is 5.91 Å². The normalized spacial score (nSPS) is 11.8. The summed E-state index contributed by atoms with van der Waals surface area (Å²) in [5.41, 5.74) is 0.837. The third-order valence-corrected chi connectivity index (χ3v) is 3.55. The van der Waals surface area contributed by atoms with Crippen LogP contribution in [0.1, 0.15) is 19.4 Å². The van der Waals surface area contributed by atoms with Crippen molar-refractivity contribution in [1.29, 1.82) is 0 Å². The maximum Gasteiger partial charge on any atom is 0.331 e. The number of carbonyl (C=O) groups is 2. The van der Waals surface area contributed by atoms with Crippen molar-refractivity contribution < 1.29 is 14.7 Å². The highest BCUT2D eigenvalue weighted by Gasteiger charge is 2.13. The van der Waals surface area contributed by atoms with Crippen molar-refractivity contribution in [3.63, 3.8) is 0 Å². The van der Waals surface area contributed by atoms with Gasteiger partial charge >= 0.3 is 5.97 Å². The van der Waals surface area contributed by atoms with Crippen molar-refractivity contribution in [2.24, 2.45) is 0 Å². The summed E-state index contributed by atoms with van der Waals surface area (Å²) >= 11 is 11.8. The zero-order valence-corrected chi connectivity index (χ0v) is 12.0. The third-order valence-electron chi connectivity index (χ3n) is 2.69. The summed E-state index contributed by atoms with van der Waals surface area (Å²) in [7, 11) is 0. The first-order valence-electron chi connectivity index (χ1n) is 5.46. The average molecular weight is 302 g/mol. The summed E-state index contributed by atoms with van der Waals surface area (Å²) in [4.78, 5) is 22.5. The molecule has 0 atom stereocenters. The van der Waals surface area contributed by atoms with Gasteiger partial charge in [-0.15, -0.1) is 0 Å². The second kappa shape index (κ2) is 6.59. The lowest BCUT2D eigenvalue weighted by molar-refractivity contribution is -0.133. The summed E-state index contributed by atoms with van der Waals surface area (Å²) in [5.74, 6) is -1.57. The van der Waals surface area contributed by atoms with Crippen molar-refractivity contribution in [3.05, 3.63) is 45.0 Å². The Morgan fingerprint density at radius 2 is 1.84 bits per heavy atom. The fraction of sp³-hybridized carbons (Fsp3) is 0.231. The lowest BCUT2D eigenvalue weighted by atomic mass is 10.1. The first kappa shape index (κ1) is 15.5. The lowest BCUT2D eigenvalue weighted by Gasteiger charge is -2.09. The number of benzene rings is 1. The van der Waals surface area contributed by atoms with E-state index in [0.29, 0.717) is 15.6 Å². The van der Waals surface area contributed by atoms with Crippen LogP contribution >= 0.6 is 23.2 Å². The Morgan fingerprint density at radius 3 is 2.42 bits per heavy atom. The molecular formula is C13H13Cl2NO3. The van der Waals surface area contributed by atoms with Gasteiger partial charge in [-0.1, -0.05) is 35.3 Å². The first-order chi connectivity index (χ1) is 8.84. The number of carboxylic acids is 1. The van der Waals surface area contributed by atoms with Crippen LogP contribution in [-0.4, -0.2) is 17.0 Å². The Bertz CT molecular complexity index is 553. The van der Waals surface area contributed by atoms with Gasteiger partial charge in [0.15, 0.2) is 0 Å². The van der Waals surface area contributed by atoms with E-state index in [0.717, 1.165) is 0 Å². The third kappa shape index (κ3) is 3.98. The zero-order valence-electron chi connectivity index (χ0n) is 10.5. The Balaban J connectivity index is 2.78. The minimum Gasteiger partial charge on any atom is -0.478 e. The summed E-state index contributed by atoms with van der Waals surface area (Å²) in [5, 5.41) is 12.2. The van der Waals surface area contributed by atoms with Gasteiger partial charge in [-0.25, -0.2) is 4.79 Å². The molecule has 0 saturated heterocycles. The fourth-order valence-electron chi connectivity index (χ4n) is 1.32. The van der Waals surface area contributed by atoms with Crippen LogP contribution in [0.15, 0.2) is 29.3 Å². The van der Waals surface area contributed by atoms with E-state index in [1.54, 1.807) is 18.2 Å². The van der Waals surface area contributed by atoms with Crippen LogP contribution < -0.4 is 5.32 Å². The van der Waals surface area contributed by atoms with E-state index in [-0.39, 0.29) is 17.7 Å². The van der Waals surface area contributed by atoms with E-state index in [1.807, 2.05) is 0 Å². The topological polar surface area (TPSA) is 66.4 Å². The van der Waals surface area contributed by atoms with Gasteiger partial charge in [0, 0.05) is 17.7 Å². The van der Waals surface area contributed by atoms with Gasteiger partial charge in [-0.3, -0.25) is 4.79 Å². The van der Waals surface area contributed by atoms with Gasteiger partial charge in [0.05, 0.1) is 10.0 Å². The van der Waals surface area contributed by atoms with Crippen LogP contribution in [-0.2, 0) is 16.1 Å². The molecule has 4 nitrogen and oxygen atoms in total. The molecule has 19 heavy (non-hydrogen) atoms. The fourth-order valence-corrected chi connectivity index (χ4v) is 1.71. The standard InChI is InChI=1S/C13H13Cl2NO3/c1-7(8(2)13(18)19)12(17)16-6-9-4-3-5-10(14)11(9)15/h3-5H,6H2,1-2H3,(H,16,17)(H,18,19)/b8-7+. The van der Waals surface area contributed by atoms with E-state index >= 15 is 0 Å². The lowest BCUT2D eigenvalue weighted by Crippen LogP contribution is -2.25. The highest BCUT2D eigenvalue weighted by molar-refractivity contribution is 6.42. The number of halogens is 2. The van der Waals surface area contributed by atoms with E-state index in [9.17, 15) is 9.59 Å². The van der Waals surface area contributed by atoms with Crippen molar-refractivity contribution in [1.82, 2.24) is 5.32 Å². The Kier molecular flexibility index (Phi) is 5.39. The van der Waals surface area contributed by atoms with Crippen molar-refractivity contribution in [3.8, 4) is 0 Å². The smallest absolute Gasteiger partial charge is 0.331 e. The Labute approximate surface area is 121 Å². The molecule has 0 aliphatic heterocycles. The second-order valence-corrected chi connectivity index (χ2v) is 4.74. The first-order valence-corrected chi connectivity index (χ1v) is 6.22. The number of nitrogens with one attached hydrogen (secondary N) is 1. The number of amides is 1. The van der Waals surface area contributed by atoms with Crippen LogP contribution in [0.25, 0.3) is 0 Å². The largest absolute Gasteiger partial charge is 0.478 e. The van der Waals surface area contributed by atoms with Gasteiger partial charge in [0.1, 0.15) is 0 Å². The molecule has 0 aliphatic rings. The average Bonchev–Trinajstić information content (AvgIpc) is 2.38. The van der Waals surface area contributed by atoms with Crippen molar-refractivity contribution >= 4 is 35.1 Å². The highest BCUT2D eigenvalue weighted by atomic mass is 35.5. The highest BCUT2D eigenvalue weighted by Crippen LogP contribution is 2.25. The predicted octanol–water partition coefficient (Wildman–Crippen LogP) is 3.03. The van der Waals surface area contributed by atoms with Crippen LogP contribution in [0.2, 0.25) is 10.0 Å². The monoisotopic (exact) mass is 301 g/mol. The molecule has 0 unspecified atom stereocenters. The molecule has 6 heteroatoms. The van der Waals surface area contributed by atoms with Gasteiger partial charge in [-0.2, -0.15) is 0 Å². The van der Waals surface area contributed by atoms with Crippen molar-refractivity contribution in [2.75, 3.05) is 0 Å². The number of rotatable bonds is 4. The molecule has 2 N–H and O–H groups in total. The molecule has 0 fully saturated rings. The summed E-state index contributed by atoms with van der Waals surface area (Å²) in [6.45, 7) is 3.02. The van der Waals surface area contributed by atoms with E-state index < -0.39 is 11.9 Å². The summed E-state index contributed by atoms with van der Waals surface area (Å²) in [6.07, 6.45) is 0. The van der Waals surface area contributed by atoms with Gasteiger partial charge < -0.3 is 10.4 Å². The molecule has 0 saturated carbocycles. The summed E-state index contributed by atoms with van der Waals surface area (Å²) in [6, 6.07) is 5.10. The van der Waals surface area contributed by atoms with Gasteiger partial charge in [0.25, 0.3) is 0 Å².